The summed E-state index contributed by atoms with van der Waals surface area (Å²) in [5.41, 5.74) is 1.79. The maximum Gasteiger partial charge on any atom is 0.253 e. The number of rotatable bonds is 5. The van der Waals surface area contributed by atoms with E-state index in [2.05, 4.69) is 37.2 Å². The van der Waals surface area contributed by atoms with Gasteiger partial charge in [-0.2, -0.15) is 0 Å². The Hall–Kier alpha value is -0.360. The lowest BCUT2D eigenvalue weighted by atomic mass is 10.1. The van der Waals surface area contributed by atoms with E-state index < -0.39 is 0 Å². The molecule has 1 amide bonds. The van der Waals surface area contributed by atoms with Crippen molar-refractivity contribution in [1.82, 2.24) is 5.32 Å². The predicted octanol–water partition coefficient (Wildman–Crippen LogP) is 4.85. The minimum Gasteiger partial charge on any atom is -0.348 e. The Morgan fingerprint density at radius 2 is 2.00 bits per heavy atom. The summed E-state index contributed by atoms with van der Waals surface area (Å²) in [6, 6.07) is 11.7. The smallest absolute Gasteiger partial charge is 0.253 e. The number of benzene rings is 1. The number of halogens is 3. The fourth-order valence-electron chi connectivity index (χ4n) is 1.80. The number of nitrogens with one attached hydrogen (secondary N) is 1. The molecule has 6 heteroatoms. The van der Waals surface area contributed by atoms with Gasteiger partial charge < -0.3 is 5.32 Å². The molecule has 1 unspecified atom stereocenters. The van der Waals surface area contributed by atoms with Crippen molar-refractivity contribution in [3.8, 4) is 0 Å². The van der Waals surface area contributed by atoms with Crippen LogP contribution in [0.25, 0.3) is 0 Å². The average Bonchev–Trinajstić information content (AvgIpc) is 2.78. The van der Waals surface area contributed by atoms with Gasteiger partial charge in [-0.05, 0) is 49.9 Å². The molecule has 0 fully saturated rings. The fraction of sp³-hybridized carbons (Fsp3) is 0.214. The Morgan fingerprint density at radius 3 is 2.55 bits per heavy atom. The SMILES string of the molecule is O=C(NC(CCl)Cc1ccccc1)c1cc(Br)sc1Br. The number of thiophene rings is 1. The van der Waals surface area contributed by atoms with E-state index in [0.717, 1.165) is 19.6 Å². The second kappa shape index (κ2) is 7.59. The van der Waals surface area contributed by atoms with Crippen LogP contribution in [0.5, 0.6) is 0 Å². The first-order valence-electron chi connectivity index (χ1n) is 5.95. The Bertz CT molecular complexity index is 588. The first-order valence-corrected chi connectivity index (χ1v) is 8.89. The molecule has 0 bridgehead atoms. The number of hydrogen-bond donors (Lipinski definition) is 1. The monoisotopic (exact) mass is 435 g/mol. The molecule has 0 spiro atoms. The van der Waals surface area contributed by atoms with Crippen molar-refractivity contribution >= 4 is 60.7 Å². The van der Waals surface area contributed by atoms with E-state index in [4.69, 9.17) is 11.6 Å². The highest BCUT2D eigenvalue weighted by atomic mass is 79.9. The van der Waals surface area contributed by atoms with Crippen LogP contribution < -0.4 is 5.32 Å². The minimum absolute atomic E-state index is 0.0860. The summed E-state index contributed by atoms with van der Waals surface area (Å²) in [6.07, 6.45) is 0.721. The molecule has 1 heterocycles. The quantitative estimate of drug-likeness (QED) is 0.666. The minimum atomic E-state index is -0.111. The predicted molar refractivity (Wildman–Crippen MR) is 91.8 cm³/mol. The van der Waals surface area contributed by atoms with Gasteiger partial charge >= 0.3 is 0 Å². The largest absolute Gasteiger partial charge is 0.348 e. The molecule has 2 aromatic rings. The van der Waals surface area contributed by atoms with Crippen molar-refractivity contribution in [2.24, 2.45) is 0 Å². The summed E-state index contributed by atoms with van der Waals surface area (Å²) in [4.78, 5) is 12.2. The summed E-state index contributed by atoms with van der Waals surface area (Å²) in [7, 11) is 0. The number of amides is 1. The van der Waals surface area contributed by atoms with E-state index in [9.17, 15) is 4.79 Å². The molecule has 1 N–H and O–H groups in total. The highest BCUT2D eigenvalue weighted by molar-refractivity contribution is 9.12. The maximum absolute atomic E-state index is 12.2. The number of alkyl halides is 1. The second-order valence-electron chi connectivity index (χ2n) is 4.25. The molecule has 1 atom stereocenters. The van der Waals surface area contributed by atoms with E-state index in [-0.39, 0.29) is 11.9 Å². The van der Waals surface area contributed by atoms with Gasteiger partial charge in [0.15, 0.2) is 0 Å². The molecule has 0 aliphatic heterocycles. The van der Waals surface area contributed by atoms with Crippen LogP contribution in [0.15, 0.2) is 44.0 Å². The third-order valence-corrected chi connectivity index (χ3v) is 5.46. The third-order valence-electron chi connectivity index (χ3n) is 2.75. The topological polar surface area (TPSA) is 29.1 Å². The van der Waals surface area contributed by atoms with E-state index in [0.29, 0.717) is 11.4 Å². The van der Waals surface area contributed by atoms with Crippen LogP contribution in [-0.2, 0) is 6.42 Å². The number of hydrogen-bond acceptors (Lipinski definition) is 2. The molecular formula is C14H12Br2ClNOS. The normalized spacial score (nSPS) is 12.2. The van der Waals surface area contributed by atoms with Crippen LogP contribution >= 0.6 is 54.8 Å². The zero-order chi connectivity index (χ0) is 14.5. The molecule has 0 saturated heterocycles. The lowest BCUT2D eigenvalue weighted by Crippen LogP contribution is -2.37. The molecule has 1 aromatic heterocycles. The first kappa shape index (κ1) is 16.0. The van der Waals surface area contributed by atoms with Gasteiger partial charge in [0.05, 0.1) is 13.1 Å². The highest BCUT2D eigenvalue weighted by Crippen LogP contribution is 2.31. The molecular weight excluding hydrogens is 425 g/mol. The molecule has 2 nitrogen and oxygen atoms in total. The van der Waals surface area contributed by atoms with Gasteiger partial charge in [-0.25, -0.2) is 0 Å². The van der Waals surface area contributed by atoms with E-state index in [1.54, 1.807) is 6.07 Å². The summed E-state index contributed by atoms with van der Waals surface area (Å²) in [6.45, 7) is 0. The van der Waals surface area contributed by atoms with E-state index in [1.807, 2.05) is 30.3 Å². The van der Waals surface area contributed by atoms with Gasteiger partial charge in [-0.15, -0.1) is 22.9 Å². The van der Waals surface area contributed by atoms with Crippen LogP contribution in [0, 0.1) is 0 Å². The molecule has 1 aromatic carbocycles. The molecule has 20 heavy (non-hydrogen) atoms. The Labute approximate surface area is 143 Å². The fourth-order valence-corrected chi connectivity index (χ4v) is 4.78. The van der Waals surface area contributed by atoms with Crippen LogP contribution in [0.2, 0.25) is 0 Å². The van der Waals surface area contributed by atoms with Crippen LogP contribution in [-0.4, -0.2) is 17.8 Å². The van der Waals surface area contributed by atoms with Crippen molar-refractivity contribution in [3.63, 3.8) is 0 Å². The molecule has 0 radical (unpaired) electrons. The summed E-state index contributed by atoms with van der Waals surface area (Å²) in [5.74, 6) is 0.268. The van der Waals surface area contributed by atoms with Crippen molar-refractivity contribution < 1.29 is 4.79 Å². The molecule has 0 aliphatic carbocycles. The van der Waals surface area contributed by atoms with Crippen LogP contribution in [0.1, 0.15) is 15.9 Å². The van der Waals surface area contributed by atoms with Crippen molar-refractivity contribution in [2.75, 3.05) is 5.88 Å². The highest BCUT2D eigenvalue weighted by Gasteiger charge is 2.17. The molecule has 0 saturated carbocycles. The summed E-state index contributed by atoms with van der Waals surface area (Å²) in [5, 5.41) is 2.97. The zero-order valence-electron chi connectivity index (χ0n) is 10.4. The zero-order valence-corrected chi connectivity index (χ0v) is 15.2. The van der Waals surface area contributed by atoms with Crippen molar-refractivity contribution in [1.29, 1.82) is 0 Å². The van der Waals surface area contributed by atoms with Crippen LogP contribution in [0.3, 0.4) is 0 Å². The summed E-state index contributed by atoms with van der Waals surface area (Å²) >= 11 is 14.2. The Balaban J connectivity index is 2.03. The van der Waals surface area contributed by atoms with Gasteiger partial charge in [-0.1, -0.05) is 30.3 Å². The third kappa shape index (κ3) is 4.32. The van der Waals surface area contributed by atoms with Gasteiger partial charge in [-0.3, -0.25) is 4.79 Å². The maximum atomic E-state index is 12.2. The van der Waals surface area contributed by atoms with Crippen LogP contribution in [0.4, 0.5) is 0 Å². The molecule has 2 rings (SSSR count). The second-order valence-corrected chi connectivity index (χ2v) is 8.31. The lowest BCUT2D eigenvalue weighted by Gasteiger charge is -2.16. The Morgan fingerprint density at radius 1 is 1.30 bits per heavy atom. The first-order chi connectivity index (χ1) is 9.60. The Kier molecular flexibility index (Phi) is 6.08. The number of carbonyl (C=O) groups excluding carboxylic acids is 1. The summed E-state index contributed by atoms with van der Waals surface area (Å²) < 4.78 is 1.73. The van der Waals surface area contributed by atoms with Gasteiger partial charge in [0, 0.05) is 11.9 Å². The molecule has 106 valence electrons. The van der Waals surface area contributed by atoms with E-state index >= 15 is 0 Å². The average molecular weight is 438 g/mol. The standard InChI is InChI=1S/C14H12Br2ClNOS/c15-12-7-11(13(16)20-12)14(19)18-10(8-17)6-9-4-2-1-3-5-9/h1-5,7,10H,6,8H2,(H,18,19). The number of carbonyl (C=O) groups is 1. The lowest BCUT2D eigenvalue weighted by molar-refractivity contribution is 0.0940. The van der Waals surface area contributed by atoms with Gasteiger partial charge in [0.1, 0.15) is 0 Å². The molecule has 0 aliphatic rings. The van der Waals surface area contributed by atoms with Crippen molar-refractivity contribution in [2.45, 2.75) is 12.5 Å². The van der Waals surface area contributed by atoms with Gasteiger partial charge in [0.25, 0.3) is 5.91 Å². The van der Waals surface area contributed by atoms with E-state index in [1.165, 1.54) is 11.3 Å². The van der Waals surface area contributed by atoms with Crippen molar-refractivity contribution in [3.05, 3.63) is 55.1 Å². The van der Waals surface area contributed by atoms with Gasteiger partial charge in [0.2, 0.25) is 0 Å².